The van der Waals surface area contributed by atoms with Crippen LogP contribution in [0.3, 0.4) is 0 Å². The fourth-order valence-electron chi connectivity index (χ4n) is 3.51. The minimum Gasteiger partial charge on any atom is -0.354 e. The van der Waals surface area contributed by atoms with Crippen molar-refractivity contribution in [2.75, 3.05) is 26.2 Å². The Morgan fingerprint density at radius 2 is 1.66 bits per heavy atom. The molecule has 0 bridgehead atoms. The second kappa shape index (κ2) is 10.1. The predicted molar refractivity (Wildman–Crippen MR) is 126 cm³/mol. The highest BCUT2D eigenvalue weighted by Crippen LogP contribution is 2.30. The van der Waals surface area contributed by atoms with Gasteiger partial charge in [0, 0.05) is 47.4 Å². The van der Waals surface area contributed by atoms with Gasteiger partial charge in [-0.1, -0.05) is 59.1 Å². The third kappa shape index (κ3) is 5.30. The molecular weight excluding hydrogens is 401 g/mol. The average molecular weight is 428 g/mol. The van der Waals surface area contributed by atoms with E-state index in [1.165, 1.54) is 5.57 Å². The molecule has 0 saturated carbocycles. The Morgan fingerprint density at radius 3 is 2.24 bits per heavy atom. The standard InChI is InChI=1S/C24H27Cl2N3/c1-4-22(29-15-13-27-14-16-29)28-24(20-7-5-6-8-21(20)26)23(17(2)3)18-9-11-19(25)12-10-18/h4-12,27H,13-16H2,1-3H3/b22-4+,28-24-. The molecule has 0 atom stereocenters. The van der Waals surface area contributed by atoms with E-state index in [1.807, 2.05) is 55.5 Å². The van der Waals surface area contributed by atoms with Crippen molar-refractivity contribution in [3.8, 4) is 0 Å². The van der Waals surface area contributed by atoms with Gasteiger partial charge in [0.2, 0.25) is 0 Å². The van der Waals surface area contributed by atoms with Crippen molar-refractivity contribution in [3.05, 3.63) is 87.2 Å². The van der Waals surface area contributed by atoms with Gasteiger partial charge in [-0.15, -0.1) is 0 Å². The van der Waals surface area contributed by atoms with Gasteiger partial charge in [0.15, 0.2) is 0 Å². The van der Waals surface area contributed by atoms with Crippen molar-refractivity contribution in [1.82, 2.24) is 10.2 Å². The lowest BCUT2D eigenvalue weighted by Gasteiger charge is -2.30. The molecule has 29 heavy (non-hydrogen) atoms. The molecule has 0 amide bonds. The monoisotopic (exact) mass is 427 g/mol. The van der Waals surface area contributed by atoms with Crippen LogP contribution in [0, 0.1) is 0 Å². The van der Waals surface area contributed by atoms with Gasteiger partial charge in [0.25, 0.3) is 0 Å². The van der Waals surface area contributed by atoms with Gasteiger partial charge < -0.3 is 10.2 Å². The molecule has 1 N–H and O–H groups in total. The molecule has 152 valence electrons. The van der Waals surface area contributed by atoms with Crippen LogP contribution in [-0.4, -0.2) is 36.8 Å². The van der Waals surface area contributed by atoms with Crippen LogP contribution in [0.5, 0.6) is 0 Å². The van der Waals surface area contributed by atoms with Gasteiger partial charge in [-0.25, -0.2) is 4.99 Å². The quantitative estimate of drug-likeness (QED) is 0.588. The fraction of sp³-hybridized carbons (Fsp3) is 0.292. The van der Waals surface area contributed by atoms with Crippen molar-refractivity contribution in [2.24, 2.45) is 4.99 Å². The van der Waals surface area contributed by atoms with E-state index in [0.717, 1.165) is 54.4 Å². The molecule has 1 heterocycles. The second-order valence-corrected chi connectivity index (χ2v) is 8.05. The number of allylic oxidation sites excluding steroid dienone is 3. The summed E-state index contributed by atoms with van der Waals surface area (Å²) in [6, 6.07) is 15.8. The second-order valence-electron chi connectivity index (χ2n) is 7.21. The summed E-state index contributed by atoms with van der Waals surface area (Å²) in [5, 5.41) is 4.80. The molecule has 0 spiro atoms. The van der Waals surface area contributed by atoms with E-state index in [-0.39, 0.29) is 0 Å². The Balaban J connectivity index is 2.18. The van der Waals surface area contributed by atoms with Crippen LogP contribution in [0.25, 0.3) is 5.57 Å². The molecule has 2 aromatic rings. The third-order valence-corrected chi connectivity index (χ3v) is 5.51. The van der Waals surface area contributed by atoms with Crippen LogP contribution < -0.4 is 5.32 Å². The Bertz CT molecular complexity index is 933. The summed E-state index contributed by atoms with van der Waals surface area (Å²) >= 11 is 12.8. The summed E-state index contributed by atoms with van der Waals surface area (Å²) in [6.07, 6.45) is 2.08. The normalized spacial score (nSPS) is 15.4. The number of piperazine rings is 1. The number of nitrogens with zero attached hydrogens (tertiary/aromatic N) is 2. The summed E-state index contributed by atoms with van der Waals surface area (Å²) in [4.78, 5) is 7.49. The predicted octanol–water partition coefficient (Wildman–Crippen LogP) is 6.04. The van der Waals surface area contributed by atoms with E-state index in [4.69, 9.17) is 28.2 Å². The molecule has 3 nitrogen and oxygen atoms in total. The zero-order valence-corrected chi connectivity index (χ0v) is 18.7. The largest absolute Gasteiger partial charge is 0.354 e. The van der Waals surface area contributed by atoms with Crippen molar-refractivity contribution in [2.45, 2.75) is 20.8 Å². The first kappa shape index (κ1) is 21.6. The lowest BCUT2D eigenvalue weighted by Crippen LogP contribution is -2.42. The van der Waals surface area contributed by atoms with Crippen LogP contribution in [0.15, 0.2) is 71.0 Å². The number of benzene rings is 2. The maximum atomic E-state index is 6.63. The van der Waals surface area contributed by atoms with Crippen molar-refractivity contribution < 1.29 is 0 Å². The summed E-state index contributed by atoms with van der Waals surface area (Å²) in [5.41, 5.74) is 5.12. The van der Waals surface area contributed by atoms with Gasteiger partial charge in [0.1, 0.15) is 5.82 Å². The minimum atomic E-state index is 0.690. The van der Waals surface area contributed by atoms with E-state index in [1.54, 1.807) is 0 Å². The van der Waals surface area contributed by atoms with Crippen molar-refractivity contribution in [1.29, 1.82) is 0 Å². The first-order chi connectivity index (χ1) is 14.0. The molecule has 1 aliphatic heterocycles. The molecule has 2 aromatic carbocycles. The van der Waals surface area contributed by atoms with E-state index in [9.17, 15) is 0 Å². The zero-order valence-electron chi connectivity index (χ0n) is 17.2. The van der Waals surface area contributed by atoms with E-state index in [2.05, 4.69) is 30.1 Å². The summed E-state index contributed by atoms with van der Waals surface area (Å²) in [7, 11) is 0. The lowest BCUT2D eigenvalue weighted by molar-refractivity contribution is 0.296. The average Bonchev–Trinajstić information content (AvgIpc) is 2.73. The third-order valence-electron chi connectivity index (χ3n) is 4.92. The highest BCUT2D eigenvalue weighted by atomic mass is 35.5. The first-order valence-electron chi connectivity index (χ1n) is 9.90. The number of nitrogens with one attached hydrogen (secondary N) is 1. The van der Waals surface area contributed by atoms with E-state index >= 15 is 0 Å². The van der Waals surface area contributed by atoms with Crippen LogP contribution in [0.1, 0.15) is 31.9 Å². The Labute approximate surface area is 183 Å². The molecule has 0 aliphatic carbocycles. The van der Waals surface area contributed by atoms with Crippen LogP contribution in [0.2, 0.25) is 10.0 Å². The summed E-state index contributed by atoms with van der Waals surface area (Å²) < 4.78 is 0. The van der Waals surface area contributed by atoms with E-state index in [0.29, 0.717) is 10.0 Å². The zero-order chi connectivity index (χ0) is 20.8. The van der Waals surface area contributed by atoms with E-state index < -0.39 is 0 Å². The van der Waals surface area contributed by atoms with Gasteiger partial charge >= 0.3 is 0 Å². The van der Waals surface area contributed by atoms with Gasteiger partial charge in [0.05, 0.1) is 5.71 Å². The minimum absolute atomic E-state index is 0.690. The molecule has 1 fully saturated rings. The number of rotatable bonds is 5. The molecule has 0 unspecified atom stereocenters. The Hall–Kier alpha value is -2.07. The van der Waals surface area contributed by atoms with Crippen LogP contribution in [-0.2, 0) is 0 Å². The smallest absolute Gasteiger partial charge is 0.125 e. The lowest BCUT2D eigenvalue weighted by atomic mass is 9.92. The molecular formula is C24H27Cl2N3. The molecule has 0 aromatic heterocycles. The van der Waals surface area contributed by atoms with Crippen molar-refractivity contribution >= 4 is 34.5 Å². The van der Waals surface area contributed by atoms with Crippen LogP contribution in [0.4, 0.5) is 0 Å². The van der Waals surface area contributed by atoms with Crippen LogP contribution >= 0.6 is 23.2 Å². The molecule has 1 aliphatic rings. The highest BCUT2D eigenvalue weighted by Gasteiger charge is 2.19. The Morgan fingerprint density at radius 1 is 1.00 bits per heavy atom. The molecule has 5 heteroatoms. The SMILES string of the molecule is C/C=C(\N=C(/C(=C(C)C)c1ccc(Cl)cc1)c1ccccc1Cl)N1CCNCC1. The summed E-state index contributed by atoms with van der Waals surface area (Å²) in [6.45, 7) is 10.0. The van der Waals surface area contributed by atoms with Gasteiger partial charge in [-0.3, -0.25) is 0 Å². The number of hydrogen-bond donors (Lipinski definition) is 1. The van der Waals surface area contributed by atoms with Crippen molar-refractivity contribution in [3.63, 3.8) is 0 Å². The number of halogens is 2. The maximum Gasteiger partial charge on any atom is 0.125 e. The topological polar surface area (TPSA) is 27.6 Å². The maximum absolute atomic E-state index is 6.63. The fourth-order valence-corrected chi connectivity index (χ4v) is 3.86. The van der Waals surface area contributed by atoms with Gasteiger partial charge in [-0.05, 0) is 50.6 Å². The number of aliphatic imine (C=N–C) groups is 1. The molecule has 0 radical (unpaired) electrons. The Kier molecular flexibility index (Phi) is 7.54. The molecule has 3 rings (SSSR count). The first-order valence-corrected chi connectivity index (χ1v) is 10.7. The highest BCUT2D eigenvalue weighted by molar-refractivity contribution is 6.40. The molecule has 1 saturated heterocycles. The van der Waals surface area contributed by atoms with Gasteiger partial charge in [-0.2, -0.15) is 0 Å². The summed E-state index contributed by atoms with van der Waals surface area (Å²) in [5.74, 6) is 0.967. The number of hydrogen-bond acceptors (Lipinski definition) is 3.